The van der Waals surface area contributed by atoms with Gasteiger partial charge in [0.25, 0.3) is 5.91 Å². The molecule has 0 saturated heterocycles. The number of carbonyl (C=O) groups excluding carboxylic acids is 2. The molecule has 0 radical (unpaired) electrons. The molecule has 1 aliphatic rings. The highest BCUT2D eigenvalue weighted by molar-refractivity contribution is 5.99. The first-order valence-corrected chi connectivity index (χ1v) is 10.4. The minimum Gasteiger partial charge on any atom is -0.490 e. The second-order valence-corrected chi connectivity index (χ2v) is 7.04. The van der Waals surface area contributed by atoms with Crippen LogP contribution >= 0.6 is 0 Å². The first-order chi connectivity index (χ1) is 15.0. The van der Waals surface area contributed by atoms with Crippen LogP contribution in [0.2, 0.25) is 0 Å². The molecule has 166 valence electrons. The second-order valence-electron chi connectivity index (χ2n) is 7.04. The van der Waals surface area contributed by atoms with E-state index in [9.17, 15) is 9.59 Å². The van der Waals surface area contributed by atoms with Gasteiger partial charge in [0.2, 0.25) is 5.91 Å². The van der Waals surface area contributed by atoms with Gasteiger partial charge in [0.05, 0.1) is 26.3 Å². The van der Waals surface area contributed by atoms with Crippen LogP contribution in [0.15, 0.2) is 48.4 Å². The van der Waals surface area contributed by atoms with Crippen LogP contribution in [0.3, 0.4) is 0 Å². The number of anilines is 1. The van der Waals surface area contributed by atoms with E-state index in [0.717, 1.165) is 6.42 Å². The first-order valence-electron chi connectivity index (χ1n) is 10.4. The third-order valence-electron chi connectivity index (χ3n) is 4.75. The Labute approximate surface area is 181 Å². The second kappa shape index (κ2) is 10.6. The van der Waals surface area contributed by atoms with Crippen molar-refractivity contribution in [1.82, 2.24) is 14.7 Å². The number of carbonyl (C=O) groups is 2. The van der Waals surface area contributed by atoms with Gasteiger partial charge < -0.3 is 24.8 Å². The Morgan fingerprint density at radius 2 is 2.03 bits per heavy atom. The topological polar surface area (TPSA) is 106 Å². The fraction of sp³-hybridized carbons (Fsp3) is 0.409. The molecular formula is C22H28N4O5. The van der Waals surface area contributed by atoms with Crippen molar-refractivity contribution >= 4 is 17.6 Å². The molecule has 2 heterocycles. The van der Waals surface area contributed by atoms with Crippen LogP contribution in [0.1, 0.15) is 26.7 Å². The lowest BCUT2D eigenvalue weighted by Crippen LogP contribution is -2.45. The maximum atomic E-state index is 12.9. The normalized spacial score (nSPS) is 14.4. The van der Waals surface area contributed by atoms with Gasteiger partial charge >= 0.3 is 0 Å². The molecule has 9 heteroatoms. The fourth-order valence-corrected chi connectivity index (χ4v) is 3.35. The van der Waals surface area contributed by atoms with Gasteiger partial charge in [-0.1, -0.05) is 25.5 Å². The molecule has 1 aromatic carbocycles. The molecule has 2 aromatic rings. The van der Waals surface area contributed by atoms with Gasteiger partial charge in [0, 0.05) is 18.3 Å². The summed E-state index contributed by atoms with van der Waals surface area (Å²) in [5, 5.41) is 16.0. The third-order valence-corrected chi connectivity index (χ3v) is 4.75. The average molecular weight is 428 g/mol. The number of nitrogens with one attached hydrogen (secondary N) is 1. The number of aliphatic hydroxyl groups is 1. The number of para-hydroxylation sites is 2. The van der Waals surface area contributed by atoms with E-state index in [2.05, 4.69) is 10.4 Å². The molecule has 0 spiro atoms. The van der Waals surface area contributed by atoms with Crippen LogP contribution < -0.4 is 14.8 Å². The van der Waals surface area contributed by atoms with E-state index < -0.39 is 6.04 Å². The number of aliphatic hydroxyl groups excluding tert-OH is 1. The molecule has 2 amide bonds. The maximum absolute atomic E-state index is 12.9. The van der Waals surface area contributed by atoms with Crippen molar-refractivity contribution in [1.29, 1.82) is 0 Å². The summed E-state index contributed by atoms with van der Waals surface area (Å²) in [6.07, 6.45) is 4.31. The summed E-state index contributed by atoms with van der Waals surface area (Å²) in [4.78, 5) is 27.1. The van der Waals surface area contributed by atoms with Crippen molar-refractivity contribution in [2.24, 2.45) is 0 Å². The standard InChI is InChI=1S/C22H28N4O5/c1-3-7-17(22(29)23-20-10-11-25(24-20)12-13-27)26-15-16(14-21(26)28)31-19-9-6-5-8-18(19)30-4-2/h5-6,8-11,14,17,27H,3-4,7,12-13,15H2,1-2H3,(H,23,24,29)/t17-/m0/s1. The lowest BCUT2D eigenvalue weighted by atomic mass is 10.1. The molecule has 1 atom stereocenters. The van der Waals surface area contributed by atoms with Crippen molar-refractivity contribution in [3.05, 3.63) is 48.4 Å². The van der Waals surface area contributed by atoms with Crippen LogP contribution in [-0.2, 0) is 16.1 Å². The maximum Gasteiger partial charge on any atom is 0.251 e. The van der Waals surface area contributed by atoms with Crippen LogP contribution in [0.5, 0.6) is 11.5 Å². The molecule has 0 bridgehead atoms. The summed E-state index contributed by atoms with van der Waals surface area (Å²) >= 11 is 0. The molecule has 3 rings (SSSR count). The Bertz CT molecular complexity index is 939. The van der Waals surface area contributed by atoms with E-state index in [-0.39, 0.29) is 25.0 Å². The number of rotatable bonds is 11. The van der Waals surface area contributed by atoms with Crippen LogP contribution in [0, 0.1) is 0 Å². The smallest absolute Gasteiger partial charge is 0.251 e. The largest absolute Gasteiger partial charge is 0.490 e. The highest BCUT2D eigenvalue weighted by Crippen LogP contribution is 2.30. The van der Waals surface area contributed by atoms with E-state index in [4.69, 9.17) is 14.6 Å². The molecule has 2 N–H and O–H groups in total. The van der Waals surface area contributed by atoms with Crippen LogP contribution in [0.4, 0.5) is 5.82 Å². The lowest BCUT2D eigenvalue weighted by Gasteiger charge is -2.26. The summed E-state index contributed by atoms with van der Waals surface area (Å²) in [7, 11) is 0. The average Bonchev–Trinajstić information content (AvgIpc) is 3.34. The lowest BCUT2D eigenvalue weighted by molar-refractivity contribution is -0.133. The molecule has 1 aromatic heterocycles. The van der Waals surface area contributed by atoms with Gasteiger partial charge in [-0.3, -0.25) is 14.3 Å². The fourth-order valence-electron chi connectivity index (χ4n) is 3.35. The van der Waals surface area contributed by atoms with Gasteiger partial charge in [0.1, 0.15) is 11.8 Å². The van der Waals surface area contributed by atoms with E-state index in [0.29, 0.717) is 42.6 Å². The zero-order chi connectivity index (χ0) is 22.2. The summed E-state index contributed by atoms with van der Waals surface area (Å²) < 4.78 is 13.0. The van der Waals surface area contributed by atoms with E-state index in [1.165, 1.54) is 15.7 Å². The van der Waals surface area contributed by atoms with Crippen molar-refractivity contribution in [2.45, 2.75) is 39.3 Å². The Kier molecular flexibility index (Phi) is 7.66. The van der Waals surface area contributed by atoms with Gasteiger partial charge in [-0.25, -0.2) is 0 Å². The quantitative estimate of drug-likeness (QED) is 0.568. The monoisotopic (exact) mass is 428 g/mol. The number of hydrogen-bond acceptors (Lipinski definition) is 6. The summed E-state index contributed by atoms with van der Waals surface area (Å²) in [6.45, 7) is 4.83. The minimum atomic E-state index is -0.653. The van der Waals surface area contributed by atoms with Gasteiger partial charge in [-0.15, -0.1) is 0 Å². The number of aromatic nitrogens is 2. The SMILES string of the molecule is CCC[C@@H](C(=O)Nc1ccn(CCO)n1)N1CC(Oc2ccccc2OCC)=CC1=O. The zero-order valence-electron chi connectivity index (χ0n) is 17.8. The Morgan fingerprint density at radius 3 is 2.74 bits per heavy atom. The number of benzene rings is 1. The molecule has 0 saturated carbocycles. The number of nitrogens with zero attached hydrogens (tertiary/aromatic N) is 3. The Hall–Kier alpha value is -3.33. The van der Waals surface area contributed by atoms with Crippen molar-refractivity contribution in [2.75, 3.05) is 25.1 Å². The Balaban J connectivity index is 1.68. The van der Waals surface area contributed by atoms with Crippen LogP contribution in [0.25, 0.3) is 0 Å². The van der Waals surface area contributed by atoms with Crippen molar-refractivity contribution in [3.8, 4) is 11.5 Å². The molecule has 9 nitrogen and oxygen atoms in total. The summed E-state index contributed by atoms with van der Waals surface area (Å²) in [5.74, 6) is 1.37. The van der Waals surface area contributed by atoms with E-state index in [1.807, 2.05) is 26.0 Å². The molecule has 1 aliphatic heterocycles. The van der Waals surface area contributed by atoms with Gasteiger partial charge in [-0.05, 0) is 25.5 Å². The summed E-state index contributed by atoms with van der Waals surface area (Å²) in [5.41, 5.74) is 0. The van der Waals surface area contributed by atoms with Gasteiger partial charge in [-0.2, -0.15) is 5.10 Å². The van der Waals surface area contributed by atoms with Crippen molar-refractivity contribution < 1.29 is 24.2 Å². The molecule has 0 fully saturated rings. The van der Waals surface area contributed by atoms with E-state index in [1.54, 1.807) is 24.4 Å². The predicted molar refractivity (Wildman–Crippen MR) is 115 cm³/mol. The van der Waals surface area contributed by atoms with Crippen LogP contribution in [-0.4, -0.2) is 57.4 Å². The highest BCUT2D eigenvalue weighted by atomic mass is 16.5. The minimum absolute atomic E-state index is 0.0450. The molecule has 0 aliphatic carbocycles. The molecular weight excluding hydrogens is 400 g/mol. The van der Waals surface area contributed by atoms with E-state index >= 15 is 0 Å². The zero-order valence-corrected chi connectivity index (χ0v) is 17.8. The number of hydrogen-bond donors (Lipinski definition) is 2. The molecule has 0 unspecified atom stereocenters. The van der Waals surface area contributed by atoms with Crippen molar-refractivity contribution in [3.63, 3.8) is 0 Å². The third kappa shape index (κ3) is 5.64. The highest BCUT2D eigenvalue weighted by Gasteiger charge is 2.34. The predicted octanol–water partition coefficient (Wildman–Crippen LogP) is 2.19. The molecule has 31 heavy (non-hydrogen) atoms. The number of ether oxygens (including phenoxy) is 2. The summed E-state index contributed by atoms with van der Waals surface area (Å²) in [6, 6.07) is 8.26. The first kappa shape index (κ1) is 22.4. The Morgan fingerprint density at radius 1 is 1.26 bits per heavy atom. The number of amides is 2. The van der Waals surface area contributed by atoms with Gasteiger partial charge in [0.15, 0.2) is 17.3 Å².